The average Bonchev–Trinajstić information content (AvgIpc) is 3.16. The Morgan fingerprint density at radius 3 is 2.76 bits per heavy atom. The Morgan fingerprint density at radius 1 is 1.19 bits per heavy atom. The van der Waals surface area contributed by atoms with Crippen LogP contribution in [0.5, 0.6) is 0 Å². The number of Topliss-reactive ketones (excluding diaryl/α,β-unsaturated/α-hetero) is 1. The molecule has 0 radical (unpaired) electrons. The number of carbonyl (C=O) groups is 1. The van der Waals surface area contributed by atoms with E-state index in [-0.39, 0.29) is 5.78 Å². The molecule has 0 bridgehead atoms. The van der Waals surface area contributed by atoms with Crippen LogP contribution in [0, 0.1) is 0 Å². The van der Waals surface area contributed by atoms with Crippen molar-refractivity contribution >= 4 is 5.78 Å². The first kappa shape index (κ1) is 13.3. The molecule has 4 N–H and O–H groups in total. The Morgan fingerprint density at radius 2 is 2.00 bits per heavy atom. The Balaban J connectivity index is 1.80. The standard InChI is InChI=1S/C15H15N5O/c16-8-13-15(19-20-18-13)11-7-12(17-9-11)14(21)6-10-4-2-1-3-5-10/h1-5,7,9,17H,6,8,16H2,(H,18,19,20). The van der Waals surface area contributed by atoms with E-state index in [4.69, 9.17) is 5.73 Å². The van der Waals surface area contributed by atoms with Crippen LogP contribution in [-0.2, 0) is 13.0 Å². The number of hydrogen-bond donors (Lipinski definition) is 3. The van der Waals surface area contributed by atoms with E-state index in [0.29, 0.717) is 30.0 Å². The smallest absolute Gasteiger partial charge is 0.183 e. The summed E-state index contributed by atoms with van der Waals surface area (Å²) < 4.78 is 0. The van der Waals surface area contributed by atoms with E-state index >= 15 is 0 Å². The largest absolute Gasteiger partial charge is 0.358 e. The van der Waals surface area contributed by atoms with Crippen molar-refractivity contribution in [2.24, 2.45) is 5.73 Å². The third-order valence-corrected chi connectivity index (χ3v) is 3.28. The number of nitrogens with two attached hydrogens (primary N) is 1. The number of ketones is 1. The number of carbonyl (C=O) groups excluding carboxylic acids is 1. The molecule has 0 saturated carbocycles. The molecule has 21 heavy (non-hydrogen) atoms. The molecular formula is C15H15N5O. The summed E-state index contributed by atoms with van der Waals surface area (Å²) >= 11 is 0. The number of hydrogen-bond acceptors (Lipinski definition) is 4. The number of H-pyrrole nitrogens is 2. The highest BCUT2D eigenvalue weighted by Gasteiger charge is 2.14. The molecule has 2 heterocycles. The fourth-order valence-corrected chi connectivity index (χ4v) is 2.19. The lowest BCUT2D eigenvalue weighted by Gasteiger charge is -1.98. The predicted molar refractivity (Wildman–Crippen MR) is 78.5 cm³/mol. The van der Waals surface area contributed by atoms with E-state index in [1.807, 2.05) is 30.3 Å². The van der Waals surface area contributed by atoms with E-state index in [0.717, 1.165) is 11.1 Å². The molecule has 6 heteroatoms. The van der Waals surface area contributed by atoms with E-state index in [1.165, 1.54) is 0 Å². The number of nitrogens with zero attached hydrogens (tertiary/aromatic N) is 2. The molecule has 106 valence electrons. The Hall–Kier alpha value is -2.73. The van der Waals surface area contributed by atoms with Crippen LogP contribution in [0.1, 0.15) is 21.7 Å². The number of nitrogens with one attached hydrogen (secondary N) is 2. The minimum Gasteiger partial charge on any atom is -0.358 e. The first-order chi connectivity index (χ1) is 10.3. The Bertz CT molecular complexity index is 744. The van der Waals surface area contributed by atoms with Crippen molar-refractivity contribution in [3.05, 3.63) is 59.5 Å². The van der Waals surface area contributed by atoms with Gasteiger partial charge in [0.25, 0.3) is 0 Å². The number of aromatic amines is 2. The highest BCUT2D eigenvalue weighted by Crippen LogP contribution is 2.21. The van der Waals surface area contributed by atoms with Crippen molar-refractivity contribution in [2.45, 2.75) is 13.0 Å². The van der Waals surface area contributed by atoms with Gasteiger partial charge in [-0.05, 0) is 11.6 Å². The summed E-state index contributed by atoms with van der Waals surface area (Å²) in [5.41, 5.74) is 9.30. The number of rotatable bonds is 5. The Labute approximate surface area is 121 Å². The van der Waals surface area contributed by atoms with Crippen molar-refractivity contribution in [2.75, 3.05) is 0 Å². The first-order valence-corrected chi connectivity index (χ1v) is 6.63. The van der Waals surface area contributed by atoms with Gasteiger partial charge >= 0.3 is 0 Å². The molecule has 0 aliphatic rings. The van der Waals surface area contributed by atoms with E-state index in [2.05, 4.69) is 20.4 Å². The third-order valence-electron chi connectivity index (χ3n) is 3.28. The maximum Gasteiger partial charge on any atom is 0.183 e. The van der Waals surface area contributed by atoms with Gasteiger partial charge in [0.2, 0.25) is 0 Å². The van der Waals surface area contributed by atoms with Gasteiger partial charge in [0.05, 0.1) is 5.69 Å². The summed E-state index contributed by atoms with van der Waals surface area (Å²) in [6.45, 7) is 0.296. The zero-order chi connectivity index (χ0) is 14.7. The van der Waals surface area contributed by atoms with Crippen LogP contribution in [0.4, 0.5) is 0 Å². The maximum absolute atomic E-state index is 12.3. The summed E-state index contributed by atoms with van der Waals surface area (Å²) in [7, 11) is 0. The first-order valence-electron chi connectivity index (χ1n) is 6.63. The van der Waals surface area contributed by atoms with Gasteiger partial charge in [-0.1, -0.05) is 30.3 Å². The zero-order valence-electron chi connectivity index (χ0n) is 11.3. The molecule has 0 aliphatic carbocycles. The molecule has 0 amide bonds. The molecule has 0 aliphatic heterocycles. The van der Waals surface area contributed by atoms with Gasteiger partial charge < -0.3 is 10.7 Å². The summed E-state index contributed by atoms with van der Waals surface area (Å²) in [4.78, 5) is 15.2. The normalized spacial score (nSPS) is 10.7. The summed E-state index contributed by atoms with van der Waals surface area (Å²) in [5.74, 6) is 0.0326. The third kappa shape index (κ3) is 2.75. The summed E-state index contributed by atoms with van der Waals surface area (Å²) in [6.07, 6.45) is 2.11. The fraction of sp³-hybridized carbons (Fsp3) is 0.133. The second-order valence-corrected chi connectivity index (χ2v) is 4.71. The van der Waals surface area contributed by atoms with Crippen molar-refractivity contribution in [1.82, 2.24) is 20.4 Å². The van der Waals surface area contributed by atoms with Crippen LogP contribution < -0.4 is 5.73 Å². The second kappa shape index (κ2) is 5.72. The molecule has 0 fully saturated rings. The highest BCUT2D eigenvalue weighted by molar-refractivity contribution is 5.97. The second-order valence-electron chi connectivity index (χ2n) is 4.71. The highest BCUT2D eigenvalue weighted by atomic mass is 16.1. The average molecular weight is 281 g/mol. The van der Waals surface area contributed by atoms with Gasteiger partial charge in [0.15, 0.2) is 5.78 Å². The Kier molecular flexibility index (Phi) is 3.61. The molecular weight excluding hydrogens is 266 g/mol. The quantitative estimate of drug-likeness (QED) is 0.619. The van der Waals surface area contributed by atoms with E-state index in [1.54, 1.807) is 12.3 Å². The van der Waals surface area contributed by atoms with Crippen LogP contribution in [0.3, 0.4) is 0 Å². The van der Waals surface area contributed by atoms with Crippen LogP contribution in [0.15, 0.2) is 42.6 Å². The van der Waals surface area contributed by atoms with Crippen LogP contribution in [0.2, 0.25) is 0 Å². The molecule has 3 rings (SSSR count). The predicted octanol–water partition coefficient (Wildman–Crippen LogP) is 1.68. The van der Waals surface area contributed by atoms with Gasteiger partial charge in [0.1, 0.15) is 11.4 Å². The molecule has 1 aromatic carbocycles. The minimum atomic E-state index is 0.0326. The van der Waals surface area contributed by atoms with Gasteiger partial charge in [0, 0.05) is 24.7 Å². The lowest BCUT2D eigenvalue weighted by molar-refractivity contribution is 0.0989. The van der Waals surface area contributed by atoms with Crippen molar-refractivity contribution in [1.29, 1.82) is 0 Å². The van der Waals surface area contributed by atoms with Gasteiger partial charge in [-0.3, -0.25) is 4.79 Å². The molecule has 2 aromatic heterocycles. The molecule has 0 atom stereocenters. The lowest BCUT2D eigenvalue weighted by atomic mass is 10.1. The molecule has 0 saturated heterocycles. The van der Waals surface area contributed by atoms with Crippen LogP contribution in [-0.4, -0.2) is 26.2 Å². The lowest BCUT2D eigenvalue weighted by Crippen LogP contribution is -2.03. The number of aromatic nitrogens is 4. The van der Waals surface area contributed by atoms with Crippen LogP contribution in [0.25, 0.3) is 11.3 Å². The van der Waals surface area contributed by atoms with Crippen molar-refractivity contribution in [3.63, 3.8) is 0 Å². The molecule has 0 spiro atoms. The van der Waals surface area contributed by atoms with Crippen molar-refractivity contribution < 1.29 is 4.79 Å². The van der Waals surface area contributed by atoms with Gasteiger partial charge in [-0.25, -0.2) is 0 Å². The van der Waals surface area contributed by atoms with Crippen molar-refractivity contribution in [3.8, 4) is 11.3 Å². The maximum atomic E-state index is 12.3. The molecule has 0 unspecified atom stereocenters. The van der Waals surface area contributed by atoms with Crippen LogP contribution >= 0.6 is 0 Å². The summed E-state index contributed by atoms with van der Waals surface area (Å²) in [6, 6.07) is 11.4. The molecule has 3 aromatic rings. The fourth-order valence-electron chi connectivity index (χ4n) is 2.19. The van der Waals surface area contributed by atoms with Gasteiger partial charge in [-0.15, -0.1) is 0 Å². The molecule has 6 nitrogen and oxygen atoms in total. The SMILES string of the molecule is NCc1n[nH]nc1-c1c[nH]c(C(=O)Cc2ccccc2)c1. The van der Waals surface area contributed by atoms with E-state index < -0.39 is 0 Å². The minimum absolute atomic E-state index is 0.0326. The van der Waals surface area contributed by atoms with Gasteiger partial charge in [-0.2, -0.15) is 15.4 Å². The number of benzene rings is 1. The topological polar surface area (TPSA) is 100 Å². The zero-order valence-corrected chi connectivity index (χ0v) is 11.3. The monoisotopic (exact) mass is 281 g/mol. The van der Waals surface area contributed by atoms with E-state index in [9.17, 15) is 4.79 Å². The summed E-state index contributed by atoms with van der Waals surface area (Å²) in [5, 5.41) is 10.6.